The minimum Gasteiger partial charge on any atom is -0.376 e. The molecule has 1 rings (SSSR count). The lowest BCUT2D eigenvalue weighted by molar-refractivity contribution is -0.258. The number of alkyl halides is 3. The zero-order valence-electron chi connectivity index (χ0n) is 10.4. The topological polar surface area (TPSA) is 61.4 Å². The molecule has 0 aliphatic rings. The summed E-state index contributed by atoms with van der Waals surface area (Å²) in [6.07, 6.45) is -4.89. The largest absolute Gasteiger partial charge is 0.421 e. The second-order valence-electron chi connectivity index (χ2n) is 4.09. The highest BCUT2D eigenvalue weighted by molar-refractivity contribution is 6.39. The number of urea groups is 1. The molecule has 0 aromatic heterocycles. The van der Waals surface area contributed by atoms with Crippen LogP contribution < -0.4 is 10.6 Å². The van der Waals surface area contributed by atoms with Gasteiger partial charge < -0.3 is 15.7 Å². The van der Waals surface area contributed by atoms with Gasteiger partial charge in [0.2, 0.25) is 0 Å². The zero-order valence-corrected chi connectivity index (χ0v) is 11.9. The van der Waals surface area contributed by atoms with Crippen molar-refractivity contribution in [1.29, 1.82) is 0 Å². The van der Waals surface area contributed by atoms with Gasteiger partial charge >= 0.3 is 12.2 Å². The van der Waals surface area contributed by atoms with Crippen molar-refractivity contribution in [2.45, 2.75) is 18.7 Å². The Kier molecular flexibility index (Phi) is 4.78. The van der Waals surface area contributed by atoms with Crippen LogP contribution in [0.5, 0.6) is 0 Å². The first-order valence-electron chi connectivity index (χ1n) is 5.28. The van der Waals surface area contributed by atoms with Crippen molar-refractivity contribution in [3.8, 4) is 0 Å². The number of amides is 2. The minimum absolute atomic E-state index is 0.0468. The van der Waals surface area contributed by atoms with Gasteiger partial charge in [0.05, 0.1) is 15.7 Å². The maximum absolute atomic E-state index is 12.7. The molecule has 0 saturated carbocycles. The number of benzene rings is 1. The lowest BCUT2D eigenvalue weighted by Crippen LogP contribution is -2.39. The van der Waals surface area contributed by atoms with Crippen LogP contribution in [0.1, 0.15) is 12.5 Å². The number of anilines is 1. The van der Waals surface area contributed by atoms with Crippen LogP contribution in [0.4, 0.5) is 23.7 Å². The molecule has 20 heavy (non-hydrogen) atoms. The molecular formula is C11H11Cl2F3N2O2. The fourth-order valence-electron chi connectivity index (χ4n) is 1.31. The van der Waals surface area contributed by atoms with Gasteiger partial charge in [-0.25, -0.2) is 4.79 Å². The van der Waals surface area contributed by atoms with Gasteiger partial charge in [0.1, 0.15) is 0 Å². The number of rotatable bonds is 2. The van der Waals surface area contributed by atoms with Gasteiger partial charge in [-0.15, -0.1) is 0 Å². The SMILES string of the molecule is CNC(=O)Nc1c(Cl)cc([C@](C)(O)C(F)(F)F)cc1Cl. The molecule has 0 unspecified atom stereocenters. The Morgan fingerprint density at radius 1 is 1.25 bits per heavy atom. The first-order chi connectivity index (χ1) is 9.00. The van der Waals surface area contributed by atoms with E-state index < -0.39 is 23.4 Å². The average Bonchev–Trinajstić information content (AvgIpc) is 2.31. The smallest absolute Gasteiger partial charge is 0.376 e. The third-order valence-electron chi connectivity index (χ3n) is 2.62. The van der Waals surface area contributed by atoms with Crippen LogP contribution in [0, 0.1) is 0 Å². The molecule has 9 heteroatoms. The minimum atomic E-state index is -4.89. The predicted molar refractivity (Wildman–Crippen MR) is 70.2 cm³/mol. The molecule has 0 aliphatic heterocycles. The van der Waals surface area contributed by atoms with Crippen LogP contribution >= 0.6 is 23.2 Å². The summed E-state index contributed by atoms with van der Waals surface area (Å²) in [4.78, 5) is 11.2. The molecule has 0 radical (unpaired) electrons. The normalized spacial score (nSPS) is 14.6. The van der Waals surface area contributed by atoms with Crippen molar-refractivity contribution >= 4 is 34.9 Å². The fourth-order valence-corrected chi connectivity index (χ4v) is 1.89. The van der Waals surface area contributed by atoms with E-state index in [2.05, 4.69) is 10.6 Å². The molecule has 2 amide bonds. The molecule has 1 atom stereocenters. The Balaban J connectivity index is 3.27. The molecule has 0 fully saturated rings. The number of hydrogen-bond acceptors (Lipinski definition) is 2. The third-order valence-corrected chi connectivity index (χ3v) is 3.22. The van der Waals surface area contributed by atoms with Gasteiger partial charge in [0.25, 0.3) is 0 Å². The summed E-state index contributed by atoms with van der Waals surface area (Å²) < 4.78 is 38.2. The predicted octanol–water partition coefficient (Wildman–Crippen LogP) is 3.51. The van der Waals surface area contributed by atoms with E-state index in [0.29, 0.717) is 6.92 Å². The van der Waals surface area contributed by atoms with Gasteiger partial charge in [-0.1, -0.05) is 23.2 Å². The summed E-state index contributed by atoms with van der Waals surface area (Å²) >= 11 is 11.6. The highest BCUT2D eigenvalue weighted by Crippen LogP contribution is 2.42. The first kappa shape index (κ1) is 16.9. The van der Waals surface area contributed by atoms with Crippen LogP contribution in [0.2, 0.25) is 10.0 Å². The van der Waals surface area contributed by atoms with Gasteiger partial charge in [0.15, 0.2) is 5.60 Å². The Morgan fingerprint density at radius 2 is 1.70 bits per heavy atom. The highest BCUT2D eigenvalue weighted by atomic mass is 35.5. The number of carbonyl (C=O) groups is 1. The van der Waals surface area contributed by atoms with Crippen molar-refractivity contribution in [2.75, 3.05) is 12.4 Å². The maximum Gasteiger partial charge on any atom is 0.421 e. The summed E-state index contributed by atoms with van der Waals surface area (Å²) in [6.45, 7) is 0.584. The molecule has 3 N–H and O–H groups in total. The molecule has 4 nitrogen and oxygen atoms in total. The van der Waals surface area contributed by atoms with Gasteiger partial charge in [0, 0.05) is 7.05 Å². The highest BCUT2D eigenvalue weighted by Gasteiger charge is 2.51. The number of carbonyl (C=O) groups excluding carboxylic acids is 1. The van der Waals surface area contributed by atoms with Crippen LogP contribution in [0.15, 0.2) is 12.1 Å². The van der Waals surface area contributed by atoms with E-state index in [1.165, 1.54) is 7.05 Å². The van der Waals surface area contributed by atoms with E-state index in [-0.39, 0.29) is 15.7 Å². The van der Waals surface area contributed by atoms with E-state index >= 15 is 0 Å². The summed E-state index contributed by atoms with van der Waals surface area (Å²) in [5.41, 5.74) is -3.68. The van der Waals surface area contributed by atoms with Crippen LogP contribution in [-0.4, -0.2) is 24.4 Å². The third kappa shape index (κ3) is 3.28. The van der Waals surface area contributed by atoms with E-state index in [1.54, 1.807) is 0 Å². The van der Waals surface area contributed by atoms with Crippen molar-refractivity contribution in [3.63, 3.8) is 0 Å². The quantitative estimate of drug-likeness (QED) is 0.777. The van der Waals surface area contributed by atoms with Gasteiger partial charge in [-0.3, -0.25) is 0 Å². The van der Waals surface area contributed by atoms with Crippen molar-refractivity contribution in [2.24, 2.45) is 0 Å². The summed E-state index contributed by atoms with van der Waals surface area (Å²) in [7, 11) is 1.35. The lowest BCUT2D eigenvalue weighted by atomic mass is 9.95. The number of halogens is 5. The number of aliphatic hydroxyl groups is 1. The zero-order chi connectivity index (χ0) is 15.7. The molecule has 1 aromatic rings. The molecule has 0 spiro atoms. The second kappa shape index (κ2) is 5.67. The Labute approximate surface area is 122 Å². The lowest BCUT2D eigenvalue weighted by Gasteiger charge is -2.27. The van der Waals surface area contributed by atoms with Crippen LogP contribution in [0.3, 0.4) is 0 Å². The fraction of sp³-hybridized carbons (Fsp3) is 0.364. The molecule has 0 aliphatic carbocycles. The van der Waals surface area contributed by atoms with E-state index in [9.17, 15) is 23.1 Å². The van der Waals surface area contributed by atoms with Crippen molar-refractivity contribution in [3.05, 3.63) is 27.7 Å². The average molecular weight is 331 g/mol. The van der Waals surface area contributed by atoms with E-state index in [1.807, 2.05) is 0 Å². The molecule has 0 bridgehead atoms. The number of hydrogen-bond donors (Lipinski definition) is 3. The molecule has 0 heterocycles. The van der Waals surface area contributed by atoms with E-state index in [0.717, 1.165) is 12.1 Å². The Hall–Kier alpha value is -1.18. The van der Waals surface area contributed by atoms with Crippen LogP contribution in [0.25, 0.3) is 0 Å². The van der Waals surface area contributed by atoms with Crippen molar-refractivity contribution < 1.29 is 23.1 Å². The summed E-state index contributed by atoms with van der Waals surface area (Å²) in [6, 6.07) is 1.16. The van der Waals surface area contributed by atoms with Gasteiger partial charge in [-0.05, 0) is 24.6 Å². The molecule has 1 aromatic carbocycles. The summed E-state index contributed by atoms with van der Waals surface area (Å²) in [5, 5.41) is 13.6. The maximum atomic E-state index is 12.7. The Bertz CT molecular complexity index is 510. The molecular weight excluding hydrogens is 320 g/mol. The van der Waals surface area contributed by atoms with Crippen molar-refractivity contribution in [1.82, 2.24) is 5.32 Å². The second-order valence-corrected chi connectivity index (χ2v) is 4.90. The first-order valence-corrected chi connectivity index (χ1v) is 6.03. The summed E-state index contributed by atoms with van der Waals surface area (Å²) in [5.74, 6) is 0. The van der Waals surface area contributed by atoms with E-state index in [4.69, 9.17) is 23.2 Å². The number of nitrogens with one attached hydrogen (secondary N) is 2. The molecule has 112 valence electrons. The van der Waals surface area contributed by atoms with Crippen LogP contribution in [-0.2, 0) is 5.60 Å². The monoisotopic (exact) mass is 330 g/mol. The Morgan fingerprint density at radius 3 is 2.05 bits per heavy atom. The standard InChI is InChI=1S/C11H11Cl2F3N2O2/c1-10(20,11(14,15)16)5-3-6(12)8(7(13)4-5)18-9(19)17-2/h3-4,20H,1-2H3,(H2,17,18,19)/t10-/m0/s1. The van der Waals surface area contributed by atoms with Gasteiger partial charge in [-0.2, -0.15) is 13.2 Å². The molecule has 0 saturated heterocycles.